The Hall–Kier alpha value is -2.15. The molecule has 2 heterocycles. The van der Waals surface area contributed by atoms with Crippen LogP contribution in [0.3, 0.4) is 0 Å². The standard InChI is InChI=1S/C12H19N7/c1-8(2)10-11(16-7-17-12(10)18-13)15-6-9-14-4-5-19(9)3/h4-5,7-8H,6,13H2,1-3H3,(H2,15,16,17,18). The number of imidazole rings is 1. The molecule has 4 N–H and O–H groups in total. The van der Waals surface area contributed by atoms with Crippen molar-refractivity contribution in [1.82, 2.24) is 19.5 Å². The molecule has 0 spiro atoms. The van der Waals surface area contributed by atoms with Gasteiger partial charge in [-0.05, 0) is 5.92 Å². The zero-order chi connectivity index (χ0) is 13.8. The number of nitrogens with zero attached hydrogens (tertiary/aromatic N) is 4. The number of hydrogen-bond acceptors (Lipinski definition) is 6. The SMILES string of the molecule is CC(C)c1c(NN)ncnc1NCc1nccn1C. The maximum Gasteiger partial charge on any atom is 0.148 e. The fourth-order valence-electron chi connectivity index (χ4n) is 1.93. The summed E-state index contributed by atoms with van der Waals surface area (Å²) in [7, 11) is 1.96. The first-order valence-corrected chi connectivity index (χ1v) is 6.15. The molecule has 7 nitrogen and oxygen atoms in total. The van der Waals surface area contributed by atoms with Gasteiger partial charge >= 0.3 is 0 Å². The molecule has 0 fully saturated rings. The molecule has 0 bridgehead atoms. The average Bonchev–Trinajstić information content (AvgIpc) is 2.81. The van der Waals surface area contributed by atoms with Gasteiger partial charge in [0.25, 0.3) is 0 Å². The minimum absolute atomic E-state index is 0.260. The topological polar surface area (TPSA) is 93.7 Å². The molecular formula is C12H19N7. The molecule has 0 atom stereocenters. The Morgan fingerprint density at radius 1 is 1.26 bits per heavy atom. The molecule has 2 aromatic rings. The Balaban J connectivity index is 2.22. The number of aryl methyl sites for hydroxylation is 1. The highest BCUT2D eigenvalue weighted by Crippen LogP contribution is 2.27. The predicted molar refractivity (Wildman–Crippen MR) is 74.5 cm³/mol. The van der Waals surface area contributed by atoms with Crippen molar-refractivity contribution >= 4 is 11.6 Å². The Bertz CT molecular complexity index is 547. The number of rotatable bonds is 5. The van der Waals surface area contributed by atoms with Crippen LogP contribution in [-0.2, 0) is 13.6 Å². The van der Waals surface area contributed by atoms with Crippen LogP contribution in [0, 0.1) is 0 Å². The van der Waals surface area contributed by atoms with Gasteiger partial charge in [-0.25, -0.2) is 20.8 Å². The quantitative estimate of drug-likeness (QED) is 0.553. The van der Waals surface area contributed by atoms with Gasteiger partial charge in [0, 0.05) is 25.0 Å². The third kappa shape index (κ3) is 2.82. The molecule has 0 saturated carbocycles. The van der Waals surface area contributed by atoms with Crippen molar-refractivity contribution in [1.29, 1.82) is 0 Å². The molecule has 0 unspecified atom stereocenters. The van der Waals surface area contributed by atoms with Crippen LogP contribution >= 0.6 is 0 Å². The average molecular weight is 261 g/mol. The smallest absolute Gasteiger partial charge is 0.148 e. The van der Waals surface area contributed by atoms with Gasteiger partial charge in [0.2, 0.25) is 0 Å². The van der Waals surface area contributed by atoms with Crippen molar-refractivity contribution in [2.45, 2.75) is 26.3 Å². The first kappa shape index (κ1) is 13.3. The summed E-state index contributed by atoms with van der Waals surface area (Å²) in [5.41, 5.74) is 3.58. The van der Waals surface area contributed by atoms with Gasteiger partial charge in [-0.2, -0.15) is 0 Å². The second-order valence-electron chi connectivity index (χ2n) is 4.59. The van der Waals surface area contributed by atoms with Gasteiger partial charge in [-0.3, -0.25) is 0 Å². The largest absolute Gasteiger partial charge is 0.362 e. The second-order valence-corrected chi connectivity index (χ2v) is 4.59. The predicted octanol–water partition coefficient (Wildman–Crippen LogP) is 1.23. The molecular weight excluding hydrogens is 242 g/mol. The Labute approximate surface area is 112 Å². The Morgan fingerprint density at radius 2 is 2.00 bits per heavy atom. The summed E-state index contributed by atoms with van der Waals surface area (Å²) in [4.78, 5) is 12.7. The number of nitrogens with two attached hydrogens (primary N) is 1. The normalized spacial score (nSPS) is 10.8. The lowest BCUT2D eigenvalue weighted by Gasteiger charge is -2.16. The van der Waals surface area contributed by atoms with E-state index in [1.807, 2.05) is 17.8 Å². The van der Waals surface area contributed by atoms with E-state index in [-0.39, 0.29) is 5.92 Å². The van der Waals surface area contributed by atoms with Crippen LogP contribution in [0.1, 0.15) is 31.2 Å². The maximum atomic E-state index is 5.49. The van der Waals surface area contributed by atoms with Gasteiger partial charge in [-0.15, -0.1) is 0 Å². The van der Waals surface area contributed by atoms with E-state index in [1.165, 1.54) is 6.33 Å². The van der Waals surface area contributed by atoms with Crippen molar-refractivity contribution in [3.05, 3.63) is 30.1 Å². The van der Waals surface area contributed by atoms with Crippen LogP contribution in [-0.4, -0.2) is 19.5 Å². The number of nitrogen functional groups attached to an aromatic ring is 1. The van der Waals surface area contributed by atoms with Crippen LogP contribution in [0.15, 0.2) is 18.7 Å². The number of hydrazine groups is 1. The first-order valence-electron chi connectivity index (χ1n) is 6.15. The molecule has 0 amide bonds. The van der Waals surface area contributed by atoms with E-state index in [0.29, 0.717) is 12.4 Å². The first-order chi connectivity index (χ1) is 9.13. The highest BCUT2D eigenvalue weighted by atomic mass is 15.3. The molecule has 0 aliphatic rings. The van der Waals surface area contributed by atoms with Gasteiger partial charge in [0.15, 0.2) is 0 Å². The van der Waals surface area contributed by atoms with Gasteiger partial charge in [-0.1, -0.05) is 13.8 Å². The molecule has 2 rings (SSSR count). The minimum atomic E-state index is 0.260. The van der Waals surface area contributed by atoms with E-state index in [1.54, 1.807) is 6.20 Å². The van der Waals surface area contributed by atoms with Crippen molar-refractivity contribution in [3.63, 3.8) is 0 Å². The lowest BCUT2D eigenvalue weighted by Crippen LogP contribution is -2.15. The van der Waals surface area contributed by atoms with Crippen molar-refractivity contribution in [3.8, 4) is 0 Å². The summed E-state index contributed by atoms with van der Waals surface area (Å²) in [5, 5.41) is 3.28. The van der Waals surface area contributed by atoms with Crippen LogP contribution in [0.2, 0.25) is 0 Å². The zero-order valence-corrected chi connectivity index (χ0v) is 11.4. The van der Waals surface area contributed by atoms with Gasteiger partial charge in [0.05, 0.1) is 6.54 Å². The lowest BCUT2D eigenvalue weighted by atomic mass is 10.0. The molecule has 7 heteroatoms. The lowest BCUT2D eigenvalue weighted by molar-refractivity contribution is 0.801. The molecule has 0 aliphatic carbocycles. The zero-order valence-electron chi connectivity index (χ0n) is 11.4. The second kappa shape index (κ2) is 5.66. The van der Waals surface area contributed by atoms with Crippen molar-refractivity contribution < 1.29 is 0 Å². The molecule has 0 radical (unpaired) electrons. The van der Waals surface area contributed by atoms with Gasteiger partial charge < -0.3 is 15.3 Å². The third-order valence-corrected chi connectivity index (χ3v) is 2.93. The summed E-state index contributed by atoms with van der Waals surface area (Å²) in [6.45, 7) is 4.75. The van der Waals surface area contributed by atoms with E-state index in [2.05, 4.69) is 39.5 Å². The Kier molecular flexibility index (Phi) is 3.96. The fraction of sp³-hybridized carbons (Fsp3) is 0.417. The number of hydrogen-bond donors (Lipinski definition) is 3. The number of nitrogens with one attached hydrogen (secondary N) is 2. The molecule has 102 valence electrons. The third-order valence-electron chi connectivity index (χ3n) is 2.93. The van der Waals surface area contributed by atoms with Crippen molar-refractivity contribution in [2.75, 3.05) is 10.7 Å². The summed E-state index contributed by atoms with van der Waals surface area (Å²) in [6, 6.07) is 0. The molecule has 0 saturated heterocycles. The summed E-state index contributed by atoms with van der Waals surface area (Å²) in [6.07, 6.45) is 5.17. The van der Waals surface area contributed by atoms with Crippen LogP contribution in [0.5, 0.6) is 0 Å². The van der Waals surface area contributed by atoms with E-state index in [4.69, 9.17) is 5.84 Å². The van der Waals surface area contributed by atoms with E-state index in [0.717, 1.165) is 17.2 Å². The summed E-state index contributed by atoms with van der Waals surface area (Å²) >= 11 is 0. The van der Waals surface area contributed by atoms with E-state index < -0.39 is 0 Å². The van der Waals surface area contributed by atoms with E-state index >= 15 is 0 Å². The molecule has 19 heavy (non-hydrogen) atoms. The summed E-state index contributed by atoms with van der Waals surface area (Å²) in [5.74, 6) is 8.11. The van der Waals surface area contributed by atoms with Crippen LogP contribution < -0.4 is 16.6 Å². The minimum Gasteiger partial charge on any atom is -0.362 e. The monoisotopic (exact) mass is 261 g/mol. The highest BCUT2D eigenvalue weighted by molar-refractivity contribution is 5.58. The summed E-state index contributed by atoms with van der Waals surface area (Å²) < 4.78 is 1.96. The molecule has 0 aromatic carbocycles. The molecule has 0 aliphatic heterocycles. The number of aromatic nitrogens is 4. The van der Waals surface area contributed by atoms with Crippen molar-refractivity contribution in [2.24, 2.45) is 12.9 Å². The highest BCUT2D eigenvalue weighted by Gasteiger charge is 2.14. The Morgan fingerprint density at radius 3 is 2.58 bits per heavy atom. The fourth-order valence-corrected chi connectivity index (χ4v) is 1.93. The molecule has 2 aromatic heterocycles. The van der Waals surface area contributed by atoms with E-state index in [9.17, 15) is 0 Å². The van der Waals surface area contributed by atoms with Crippen LogP contribution in [0.25, 0.3) is 0 Å². The maximum absolute atomic E-state index is 5.49. The number of anilines is 2. The van der Waals surface area contributed by atoms with Crippen LogP contribution in [0.4, 0.5) is 11.6 Å². The van der Waals surface area contributed by atoms with Gasteiger partial charge in [0.1, 0.15) is 23.8 Å².